The number of aliphatic hydroxyl groups excluding tert-OH is 1. The maximum Gasteiger partial charge on any atom is 0.137 e. The Morgan fingerprint density at radius 3 is 2.77 bits per heavy atom. The van der Waals surface area contributed by atoms with Crippen LogP contribution in [-0.4, -0.2) is 53.0 Å². The first-order valence-electron chi connectivity index (χ1n) is 10.4. The van der Waals surface area contributed by atoms with Gasteiger partial charge in [0.1, 0.15) is 11.6 Å². The molecular weight excluding hydrogens is 380 g/mol. The number of ether oxygens (including phenoxy) is 1. The van der Waals surface area contributed by atoms with E-state index in [-0.39, 0.29) is 12.6 Å². The lowest BCUT2D eigenvalue weighted by atomic mass is 9.89. The highest BCUT2D eigenvalue weighted by molar-refractivity contribution is 5.84. The van der Waals surface area contributed by atoms with Crippen LogP contribution in [-0.2, 0) is 4.74 Å². The molecule has 4 N–H and O–H groups in total. The monoisotopic (exact) mass is 408 g/mol. The molecule has 0 aromatic carbocycles. The fraction of sp³-hybridized carbons (Fsp3) is 0.455. The maximum absolute atomic E-state index is 9.68. The van der Waals surface area contributed by atoms with Gasteiger partial charge in [-0.2, -0.15) is 5.26 Å². The van der Waals surface area contributed by atoms with Gasteiger partial charge in [0, 0.05) is 36.0 Å². The molecule has 0 amide bonds. The van der Waals surface area contributed by atoms with Crippen molar-refractivity contribution in [2.75, 3.05) is 31.2 Å². The molecule has 3 aliphatic rings. The molecule has 1 saturated heterocycles. The third-order valence-electron chi connectivity index (χ3n) is 5.95. The molecule has 30 heavy (non-hydrogen) atoms. The minimum Gasteiger partial charge on any atom is -0.492 e. The van der Waals surface area contributed by atoms with Crippen molar-refractivity contribution in [1.29, 1.82) is 5.26 Å². The van der Waals surface area contributed by atoms with E-state index in [1.54, 1.807) is 0 Å². The van der Waals surface area contributed by atoms with E-state index in [4.69, 9.17) is 10.5 Å². The lowest BCUT2D eigenvalue weighted by molar-refractivity contribution is 0.170. The van der Waals surface area contributed by atoms with Crippen molar-refractivity contribution in [2.24, 2.45) is 5.73 Å². The second kappa shape index (κ2) is 8.11. The Morgan fingerprint density at radius 1 is 1.40 bits per heavy atom. The van der Waals surface area contributed by atoms with Crippen molar-refractivity contribution in [3.8, 4) is 6.07 Å². The quantitative estimate of drug-likeness (QED) is 0.674. The van der Waals surface area contributed by atoms with Gasteiger partial charge < -0.3 is 20.5 Å². The fourth-order valence-electron chi connectivity index (χ4n) is 4.11. The number of nitrogens with zero attached hydrogens (tertiary/aromatic N) is 4. The van der Waals surface area contributed by atoms with Gasteiger partial charge in [0.15, 0.2) is 0 Å². The minimum atomic E-state index is -0.485. The van der Waals surface area contributed by atoms with E-state index in [9.17, 15) is 10.4 Å². The average Bonchev–Trinajstić information content (AvgIpc) is 3.09. The predicted molar refractivity (Wildman–Crippen MR) is 114 cm³/mol. The van der Waals surface area contributed by atoms with Crippen LogP contribution in [0.3, 0.4) is 0 Å². The molecule has 1 atom stereocenters. The lowest BCUT2D eigenvalue weighted by Gasteiger charge is -2.38. The first kappa shape index (κ1) is 20.4. The molecule has 1 aromatic rings. The van der Waals surface area contributed by atoms with Crippen molar-refractivity contribution in [1.82, 2.24) is 15.4 Å². The number of fused-ring (bicyclic) bond motifs is 1. The summed E-state index contributed by atoms with van der Waals surface area (Å²) in [7, 11) is 0. The summed E-state index contributed by atoms with van der Waals surface area (Å²) in [6.07, 6.45) is 7.15. The Hall–Kier alpha value is -2.86. The second-order valence-corrected chi connectivity index (χ2v) is 8.03. The third-order valence-corrected chi connectivity index (χ3v) is 5.95. The number of nitrogens with two attached hydrogens (primary N) is 1. The van der Waals surface area contributed by atoms with Gasteiger partial charge in [-0.3, -0.25) is 5.01 Å². The molecule has 4 rings (SSSR count). The van der Waals surface area contributed by atoms with Crippen LogP contribution in [0.2, 0.25) is 0 Å². The SMILES string of the molecule is CCOC1=CN2NC(C)C(C#N)=C2C(c2ccc(N3CCC(N)(CO)CC3)nc2)=C1. The minimum absolute atomic E-state index is 0.0103. The standard InChI is InChI=1S/C22H28N6O2/c1-3-30-17-10-18(21-19(11-23)15(2)26-28(21)13-17)16-4-5-20(25-12-16)27-8-6-22(24,14-29)7-9-27/h4-5,10,12-13,15,26,29H,3,6-9,14,24H2,1-2H3. The van der Waals surface area contributed by atoms with Crippen molar-refractivity contribution in [3.63, 3.8) is 0 Å². The number of hydrogen-bond acceptors (Lipinski definition) is 8. The molecule has 0 bridgehead atoms. The topological polar surface area (TPSA) is 111 Å². The molecule has 0 aliphatic carbocycles. The summed E-state index contributed by atoms with van der Waals surface area (Å²) >= 11 is 0. The summed E-state index contributed by atoms with van der Waals surface area (Å²) < 4.78 is 5.73. The van der Waals surface area contributed by atoms with Gasteiger partial charge >= 0.3 is 0 Å². The van der Waals surface area contributed by atoms with Crippen LogP contribution in [0.15, 0.2) is 47.6 Å². The highest BCUT2D eigenvalue weighted by atomic mass is 16.5. The molecule has 1 unspecified atom stereocenters. The highest BCUT2D eigenvalue weighted by Gasteiger charge is 2.34. The number of hydrazine groups is 1. The van der Waals surface area contributed by atoms with E-state index >= 15 is 0 Å². The molecule has 0 spiro atoms. The molecule has 8 heteroatoms. The van der Waals surface area contributed by atoms with Crippen molar-refractivity contribution < 1.29 is 9.84 Å². The summed E-state index contributed by atoms with van der Waals surface area (Å²) in [5.41, 5.74) is 12.4. The molecule has 1 fully saturated rings. The van der Waals surface area contributed by atoms with Gasteiger partial charge in [0.05, 0.1) is 42.8 Å². The summed E-state index contributed by atoms with van der Waals surface area (Å²) in [5.74, 6) is 1.62. The molecule has 3 aliphatic heterocycles. The van der Waals surface area contributed by atoms with E-state index in [1.807, 2.05) is 49.5 Å². The fourth-order valence-corrected chi connectivity index (χ4v) is 4.11. The first-order chi connectivity index (χ1) is 14.5. The number of rotatable bonds is 5. The van der Waals surface area contributed by atoms with Gasteiger partial charge in [-0.1, -0.05) is 0 Å². The molecule has 158 valence electrons. The summed E-state index contributed by atoms with van der Waals surface area (Å²) in [5, 5.41) is 21.0. The van der Waals surface area contributed by atoms with Crippen LogP contribution >= 0.6 is 0 Å². The van der Waals surface area contributed by atoms with E-state index in [2.05, 4.69) is 21.4 Å². The zero-order valence-electron chi connectivity index (χ0n) is 17.4. The summed E-state index contributed by atoms with van der Waals surface area (Å²) in [4.78, 5) is 6.87. The molecule has 4 heterocycles. The van der Waals surface area contributed by atoms with Crippen molar-refractivity contribution in [3.05, 3.63) is 53.2 Å². The number of pyridine rings is 1. The summed E-state index contributed by atoms with van der Waals surface area (Å²) in [6.45, 7) is 6.02. The Kier molecular flexibility index (Phi) is 5.52. The number of aliphatic hydroxyl groups is 1. The van der Waals surface area contributed by atoms with Gasteiger partial charge in [-0.05, 0) is 44.9 Å². The van der Waals surface area contributed by atoms with Crippen LogP contribution in [0.5, 0.6) is 0 Å². The molecule has 0 saturated carbocycles. The molecule has 0 radical (unpaired) electrons. The molecular formula is C22H28N6O2. The number of nitrogens with one attached hydrogen (secondary N) is 1. The normalized spacial score (nSPS) is 23.0. The zero-order valence-corrected chi connectivity index (χ0v) is 17.4. The maximum atomic E-state index is 9.68. The van der Waals surface area contributed by atoms with Crippen LogP contribution in [0, 0.1) is 11.3 Å². The van der Waals surface area contributed by atoms with E-state index in [0.29, 0.717) is 12.2 Å². The lowest BCUT2D eigenvalue weighted by Crippen LogP contribution is -2.53. The van der Waals surface area contributed by atoms with Crippen LogP contribution in [0.4, 0.5) is 5.82 Å². The number of hydrogen-bond donors (Lipinski definition) is 3. The predicted octanol–water partition coefficient (Wildman–Crippen LogP) is 1.63. The van der Waals surface area contributed by atoms with Gasteiger partial charge in [0.2, 0.25) is 0 Å². The average molecular weight is 409 g/mol. The van der Waals surface area contributed by atoms with E-state index in [1.165, 1.54) is 0 Å². The Balaban J connectivity index is 1.62. The Bertz CT molecular complexity index is 935. The number of allylic oxidation sites excluding steroid dienone is 2. The zero-order chi connectivity index (χ0) is 21.3. The Labute approximate surface area is 176 Å². The van der Waals surface area contributed by atoms with Crippen molar-refractivity contribution >= 4 is 11.4 Å². The van der Waals surface area contributed by atoms with Gasteiger partial charge in [0.25, 0.3) is 0 Å². The summed E-state index contributed by atoms with van der Waals surface area (Å²) in [6, 6.07) is 6.29. The third kappa shape index (κ3) is 3.67. The number of nitriles is 1. The van der Waals surface area contributed by atoms with Crippen LogP contribution < -0.4 is 16.1 Å². The number of anilines is 1. The van der Waals surface area contributed by atoms with E-state index in [0.717, 1.165) is 54.3 Å². The largest absolute Gasteiger partial charge is 0.492 e. The number of piperidine rings is 1. The second-order valence-electron chi connectivity index (χ2n) is 8.03. The molecule has 1 aromatic heterocycles. The Morgan fingerprint density at radius 2 is 2.17 bits per heavy atom. The number of aromatic nitrogens is 1. The molecule has 8 nitrogen and oxygen atoms in total. The van der Waals surface area contributed by atoms with Gasteiger partial charge in [-0.25, -0.2) is 10.4 Å². The van der Waals surface area contributed by atoms with E-state index < -0.39 is 5.54 Å². The van der Waals surface area contributed by atoms with Crippen molar-refractivity contribution in [2.45, 2.75) is 38.3 Å². The van der Waals surface area contributed by atoms with Gasteiger partial charge in [-0.15, -0.1) is 0 Å². The van der Waals surface area contributed by atoms with Crippen LogP contribution in [0.1, 0.15) is 32.3 Å². The smallest absolute Gasteiger partial charge is 0.137 e. The van der Waals surface area contributed by atoms with Crippen LogP contribution in [0.25, 0.3) is 5.57 Å². The first-order valence-corrected chi connectivity index (χ1v) is 10.4. The highest BCUT2D eigenvalue weighted by Crippen LogP contribution is 2.37.